The lowest BCUT2D eigenvalue weighted by Gasteiger charge is -2.48. The summed E-state index contributed by atoms with van der Waals surface area (Å²) in [6.07, 6.45) is 0. The summed E-state index contributed by atoms with van der Waals surface area (Å²) in [7, 11) is 40.4. The van der Waals surface area contributed by atoms with Gasteiger partial charge in [-0.15, -0.1) is 10.2 Å². The van der Waals surface area contributed by atoms with Gasteiger partial charge in [0, 0.05) is 16.8 Å². The van der Waals surface area contributed by atoms with Gasteiger partial charge in [0.2, 0.25) is 13.4 Å². The molecule has 0 bridgehead atoms. The van der Waals surface area contributed by atoms with Crippen molar-refractivity contribution in [2.75, 3.05) is 9.80 Å². The molecule has 0 aliphatic carbocycles. The Kier molecular flexibility index (Phi) is 7.15. The van der Waals surface area contributed by atoms with Crippen molar-refractivity contribution in [2.24, 2.45) is 0 Å². The number of para-hydroxylation sites is 2. The van der Waals surface area contributed by atoms with Gasteiger partial charge in [-0.05, 0) is 67.1 Å². The molecule has 3 aliphatic rings. The van der Waals surface area contributed by atoms with Crippen LogP contribution >= 0.6 is 0 Å². The van der Waals surface area contributed by atoms with Crippen LogP contribution in [0.2, 0.25) is 0 Å². The fourth-order valence-electron chi connectivity index (χ4n) is 9.38. The van der Waals surface area contributed by atoms with Gasteiger partial charge in [-0.2, -0.15) is 0 Å². The number of amides is 2. The molecule has 0 saturated heterocycles. The Labute approximate surface area is 314 Å². The minimum absolute atomic E-state index is 0.198. The van der Waals surface area contributed by atoms with Gasteiger partial charge < -0.3 is 0 Å². The molecule has 2 amide bonds. The maximum atomic E-state index is 15.5. The van der Waals surface area contributed by atoms with Crippen LogP contribution in [-0.4, -0.2) is 66.5 Å². The van der Waals surface area contributed by atoms with Crippen molar-refractivity contribution in [2.45, 2.75) is 37.9 Å². The molecule has 11 heteroatoms. The lowest BCUT2D eigenvalue weighted by atomic mass is 9.31. The molecule has 3 nitrogen and oxygen atoms in total. The quantitative estimate of drug-likeness (QED) is 0.269. The first-order chi connectivity index (χ1) is 24.7. The van der Waals surface area contributed by atoms with Crippen molar-refractivity contribution < 1.29 is 4.79 Å². The minimum atomic E-state index is -1.83. The summed E-state index contributed by atoms with van der Waals surface area (Å²) in [5, 5.41) is -2.39. The van der Waals surface area contributed by atoms with Crippen LogP contribution in [0.3, 0.4) is 0 Å². The van der Waals surface area contributed by atoms with Crippen LogP contribution in [0.25, 0.3) is 10.8 Å². The van der Waals surface area contributed by atoms with Crippen LogP contribution < -0.4 is 42.6 Å². The highest BCUT2D eigenvalue weighted by Gasteiger charge is 2.50. The SMILES string of the molecule is [B]C([B])([B])c1cc2c3c4c5c(cc(C([B])([B])[B])c14)B(c1c(C)cccc1C)c1ccccc1N5C(=O)N3c1ccccc1B2c1c(C)cccc1C. The van der Waals surface area contributed by atoms with Crippen LogP contribution in [0.4, 0.5) is 27.5 Å². The molecular formula is C41H28B8N2O. The average molecular weight is 651 g/mol. The number of anilines is 4. The fraction of sp³-hybridized carbons (Fsp3) is 0.146. The third-order valence-electron chi connectivity index (χ3n) is 11.4. The van der Waals surface area contributed by atoms with E-state index in [2.05, 4.69) is 76.2 Å². The topological polar surface area (TPSA) is 23.6 Å². The third kappa shape index (κ3) is 4.47. The standard InChI is InChI=1S/C41H28B8N2O/c1-21-11-9-12-22(2)35(21)48-27-15-5-7-17-31(27)50-37-29(48)19-25(40(42,43)44)33-26(41(45,46)47)20-30-38(34(33)37)51(39(50)52)32-18-8-6-16-28(32)49(30)36-23(3)13-10-14-24(36)4/h5-20H,1-4H3. The van der Waals surface area contributed by atoms with Crippen LogP contribution in [-0.2, 0) is 10.2 Å². The lowest BCUT2D eigenvalue weighted by Crippen LogP contribution is -2.65. The van der Waals surface area contributed by atoms with Gasteiger partial charge >= 0.3 is 6.03 Å². The van der Waals surface area contributed by atoms with Gasteiger partial charge in [0.1, 0.15) is 0 Å². The Bertz CT molecular complexity index is 2340. The number of urea groups is 1. The van der Waals surface area contributed by atoms with Crippen molar-refractivity contribution in [1.82, 2.24) is 0 Å². The summed E-state index contributed by atoms with van der Waals surface area (Å²) in [5.74, 6) is 0. The number of hydrogen-bond donors (Lipinski definition) is 0. The monoisotopic (exact) mass is 652 g/mol. The molecule has 6 aromatic rings. The molecule has 0 spiro atoms. The van der Waals surface area contributed by atoms with Crippen LogP contribution in [0, 0.1) is 27.7 Å². The van der Waals surface area contributed by atoms with E-state index in [4.69, 9.17) is 47.1 Å². The maximum absolute atomic E-state index is 15.5. The average Bonchev–Trinajstić information content (AvgIpc) is 3.08. The van der Waals surface area contributed by atoms with E-state index in [9.17, 15) is 0 Å². The predicted octanol–water partition coefficient (Wildman–Crippen LogP) is 2.37. The molecule has 0 fully saturated rings. The van der Waals surface area contributed by atoms with E-state index in [1.165, 1.54) is 0 Å². The van der Waals surface area contributed by atoms with Gasteiger partial charge in [0.05, 0.1) is 58.5 Å². The highest BCUT2D eigenvalue weighted by Crippen LogP contribution is 2.50. The molecule has 9 rings (SSSR count). The van der Waals surface area contributed by atoms with E-state index in [0.29, 0.717) is 16.5 Å². The van der Waals surface area contributed by atoms with E-state index >= 15 is 4.79 Å². The molecule has 0 N–H and O–H groups in total. The molecule has 52 heavy (non-hydrogen) atoms. The number of hydrogen-bond acceptors (Lipinski definition) is 1. The van der Waals surface area contributed by atoms with Crippen molar-refractivity contribution in [3.8, 4) is 0 Å². The number of aryl methyl sites for hydroxylation is 4. The molecule has 0 atom stereocenters. The van der Waals surface area contributed by atoms with Gasteiger partial charge in [-0.1, -0.05) is 129 Å². The molecule has 0 unspecified atom stereocenters. The van der Waals surface area contributed by atoms with Gasteiger partial charge in [-0.3, -0.25) is 9.80 Å². The molecule has 12 radical (unpaired) electrons. The van der Waals surface area contributed by atoms with Crippen molar-refractivity contribution in [1.29, 1.82) is 0 Å². The third-order valence-corrected chi connectivity index (χ3v) is 11.4. The van der Waals surface area contributed by atoms with Crippen molar-refractivity contribution in [3.63, 3.8) is 0 Å². The zero-order valence-corrected chi connectivity index (χ0v) is 29.7. The Morgan fingerprint density at radius 1 is 0.481 bits per heavy atom. The summed E-state index contributed by atoms with van der Waals surface area (Å²) in [6.45, 7) is 7.92. The second kappa shape index (κ2) is 11.2. The van der Waals surface area contributed by atoms with Gasteiger partial charge in [-0.25, -0.2) is 4.79 Å². The first kappa shape index (κ1) is 33.2. The molecule has 232 valence electrons. The van der Waals surface area contributed by atoms with E-state index in [0.717, 1.165) is 83.2 Å². The number of fused-ring (bicyclic) bond motifs is 4. The number of carbonyl (C=O) groups excluding carboxylic acids is 1. The van der Waals surface area contributed by atoms with E-state index in [-0.39, 0.29) is 19.5 Å². The first-order valence-corrected chi connectivity index (χ1v) is 17.6. The van der Waals surface area contributed by atoms with Gasteiger partial charge in [0.15, 0.2) is 0 Å². The maximum Gasteiger partial charge on any atom is 0.338 e. The zero-order chi connectivity index (χ0) is 36.6. The molecule has 0 aromatic heterocycles. The second-order valence-corrected chi connectivity index (χ2v) is 14.9. The Morgan fingerprint density at radius 3 is 1.21 bits per heavy atom. The summed E-state index contributed by atoms with van der Waals surface area (Å²) < 4.78 is 0. The lowest BCUT2D eigenvalue weighted by molar-refractivity contribution is 0.255. The molecule has 3 aliphatic heterocycles. The summed E-state index contributed by atoms with van der Waals surface area (Å²) in [6, 6.07) is 32.5. The van der Waals surface area contributed by atoms with Crippen molar-refractivity contribution in [3.05, 3.63) is 130 Å². The molecule has 6 aromatic carbocycles. The fourth-order valence-corrected chi connectivity index (χ4v) is 9.38. The summed E-state index contributed by atoms with van der Waals surface area (Å²) >= 11 is 0. The Morgan fingerprint density at radius 2 is 0.846 bits per heavy atom. The number of carbonyl (C=O) groups is 1. The molecular weight excluding hydrogens is 623 g/mol. The van der Waals surface area contributed by atoms with Crippen LogP contribution in [0.15, 0.2) is 97.1 Å². The molecule has 3 heterocycles. The normalized spacial score (nSPS) is 14.5. The summed E-state index contributed by atoms with van der Waals surface area (Å²) in [5.41, 5.74) is 14.3. The van der Waals surface area contributed by atoms with E-state index in [1.807, 2.05) is 58.3 Å². The number of rotatable bonds is 4. The summed E-state index contributed by atoms with van der Waals surface area (Å²) in [4.78, 5) is 19.2. The Balaban J connectivity index is 1.56. The van der Waals surface area contributed by atoms with Crippen LogP contribution in [0.5, 0.6) is 0 Å². The number of benzene rings is 6. The number of nitrogens with zero attached hydrogens (tertiary/aromatic N) is 2. The zero-order valence-electron chi connectivity index (χ0n) is 29.7. The first-order valence-electron chi connectivity index (χ1n) is 17.6. The highest BCUT2D eigenvalue weighted by atomic mass is 16.2. The highest BCUT2D eigenvalue weighted by molar-refractivity contribution is 7.00. The predicted molar refractivity (Wildman–Crippen MR) is 226 cm³/mol. The van der Waals surface area contributed by atoms with Crippen LogP contribution in [0.1, 0.15) is 33.4 Å². The minimum Gasteiger partial charge on any atom is -0.263 e. The van der Waals surface area contributed by atoms with Gasteiger partial charge in [0.25, 0.3) is 0 Å². The van der Waals surface area contributed by atoms with E-state index in [1.54, 1.807) is 0 Å². The van der Waals surface area contributed by atoms with E-state index < -0.39 is 10.2 Å². The Hall–Kier alpha value is -4.63. The largest absolute Gasteiger partial charge is 0.338 e. The second-order valence-electron chi connectivity index (χ2n) is 14.9. The smallest absolute Gasteiger partial charge is 0.263 e. The molecule has 0 saturated carbocycles. The van der Waals surface area contributed by atoms with Crippen molar-refractivity contribution >= 4 is 133 Å².